The molecule has 4 heteroatoms. The molecule has 0 aliphatic heterocycles. The molecule has 0 unspecified atom stereocenters. The second-order valence-corrected chi connectivity index (χ2v) is 5.41. The molecular formula is C16H28N2O2. The largest absolute Gasteiger partial charge is 0.463 e. The van der Waals surface area contributed by atoms with Crippen LogP contribution in [-0.4, -0.2) is 38.3 Å². The van der Waals surface area contributed by atoms with Crippen molar-refractivity contribution in [3.63, 3.8) is 0 Å². The summed E-state index contributed by atoms with van der Waals surface area (Å²) in [5, 5.41) is 3.38. The van der Waals surface area contributed by atoms with E-state index in [2.05, 4.69) is 36.7 Å². The third-order valence-corrected chi connectivity index (χ3v) is 2.95. The van der Waals surface area contributed by atoms with Crippen molar-refractivity contribution >= 4 is 0 Å². The highest BCUT2D eigenvalue weighted by Crippen LogP contribution is 2.11. The van der Waals surface area contributed by atoms with E-state index in [1.54, 1.807) is 7.11 Å². The van der Waals surface area contributed by atoms with E-state index in [-0.39, 0.29) is 0 Å². The predicted molar refractivity (Wildman–Crippen MR) is 82.6 cm³/mol. The van der Waals surface area contributed by atoms with Gasteiger partial charge in [-0.05, 0) is 24.6 Å². The maximum atomic E-state index is 5.84. The lowest BCUT2D eigenvalue weighted by atomic mass is 10.2. The van der Waals surface area contributed by atoms with Crippen molar-refractivity contribution in [3.8, 4) is 0 Å². The van der Waals surface area contributed by atoms with Crippen LogP contribution >= 0.6 is 0 Å². The van der Waals surface area contributed by atoms with Gasteiger partial charge in [0.15, 0.2) is 0 Å². The third-order valence-electron chi connectivity index (χ3n) is 2.95. The lowest BCUT2D eigenvalue weighted by Gasteiger charge is -2.18. The minimum atomic E-state index is 0.654. The van der Waals surface area contributed by atoms with Gasteiger partial charge in [0, 0.05) is 20.2 Å². The van der Waals surface area contributed by atoms with Gasteiger partial charge >= 0.3 is 0 Å². The van der Waals surface area contributed by atoms with Gasteiger partial charge in [0.05, 0.1) is 19.7 Å². The molecule has 1 heterocycles. The Balaban J connectivity index is 2.41. The van der Waals surface area contributed by atoms with Crippen LogP contribution in [0.15, 0.2) is 29.2 Å². The molecule has 0 atom stereocenters. The van der Waals surface area contributed by atoms with Crippen molar-refractivity contribution < 1.29 is 9.15 Å². The van der Waals surface area contributed by atoms with Gasteiger partial charge in [-0.15, -0.1) is 6.58 Å². The summed E-state index contributed by atoms with van der Waals surface area (Å²) in [6, 6.07) is 4.10. The molecule has 0 aliphatic carbocycles. The van der Waals surface area contributed by atoms with Crippen molar-refractivity contribution in [2.24, 2.45) is 5.92 Å². The van der Waals surface area contributed by atoms with Crippen LogP contribution in [0, 0.1) is 5.92 Å². The molecule has 1 aromatic heterocycles. The van der Waals surface area contributed by atoms with E-state index < -0.39 is 0 Å². The fourth-order valence-corrected chi connectivity index (χ4v) is 1.94. The quantitative estimate of drug-likeness (QED) is 0.632. The van der Waals surface area contributed by atoms with Crippen LogP contribution in [0.25, 0.3) is 0 Å². The van der Waals surface area contributed by atoms with E-state index in [0.717, 1.165) is 50.9 Å². The lowest BCUT2D eigenvalue weighted by Crippen LogP contribution is -2.26. The Morgan fingerprint density at radius 2 is 2.15 bits per heavy atom. The molecule has 0 saturated carbocycles. The molecule has 1 N–H and O–H groups in total. The molecule has 0 saturated heterocycles. The molecule has 0 bridgehead atoms. The Morgan fingerprint density at radius 1 is 1.40 bits per heavy atom. The van der Waals surface area contributed by atoms with Crippen molar-refractivity contribution in [3.05, 3.63) is 36.3 Å². The van der Waals surface area contributed by atoms with Gasteiger partial charge in [0.2, 0.25) is 0 Å². The monoisotopic (exact) mass is 280 g/mol. The maximum absolute atomic E-state index is 5.84. The highest BCUT2D eigenvalue weighted by atomic mass is 16.5. The van der Waals surface area contributed by atoms with E-state index in [0.29, 0.717) is 5.92 Å². The van der Waals surface area contributed by atoms with Gasteiger partial charge in [-0.25, -0.2) is 0 Å². The van der Waals surface area contributed by atoms with Crippen LogP contribution in [0.5, 0.6) is 0 Å². The smallest absolute Gasteiger partial charge is 0.118 e. The SMILES string of the molecule is C=CCN(CCOC)Cc1ccc(CNCC(C)C)o1. The molecule has 0 aromatic carbocycles. The first-order valence-electron chi connectivity index (χ1n) is 7.26. The molecule has 0 fully saturated rings. The summed E-state index contributed by atoms with van der Waals surface area (Å²) < 4.78 is 11.0. The second-order valence-electron chi connectivity index (χ2n) is 5.41. The van der Waals surface area contributed by atoms with Gasteiger partial charge in [0.25, 0.3) is 0 Å². The van der Waals surface area contributed by atoms with Gasteiger partial charge in [-0.1, -0.05) is 19.9 Å². The fourth-order valence-electron chi connectivity index (χ4n) is 1.94. The van der Waals surface area contributed by atoms with Crippen molar-refractivity contribution in [2.75, 3.05) is 33.4 Å². The molecule has 0 aliphatic rings. The van der Waals surface area contributed by atoms with E-state index in [4.69, 9.17) is 9.15 Å². The number of nitrogens with zero attached hydrogens (tertiary/aromatic N) is 1. The normalized spacial score (nSPS) is 11.4. The summed E-state index contributed by atoms with van der Waals surface area (Å²) >= 11 is 0. The number of hydrogen-bond acceptors (Lipinski definition) is 4. The Hall–Kier alpha value is -1.10. The Kier molecular flexibility index (Phi) is 8.26. The van der Waals surface area contributed by atoms with E-state index in [1.807, 2.05) is 12.1 Å². The van der Waals surface area contributed by atoms with Crippen LogP contribution in [-0.2, 0) is 17.8 Å². The van der Waals surface area contributed by atoms with Gasteiger partial charge in [-0.3, -0.25) is 4.90 Å². The lowest BCUT2D eigenvalue weighted by molar-refractivity contribution is 0.146. The summed E-state index contributed by atoms with van der Waals surface area (Å²) in [6.45, 7) is 13.2. The Morgan fingerprint density at radius 3 is 2.80 bits per heavy atom. The molecule has 1 rings (SSSR count). The van der Waals surface area contributed by atoms with Crippen LogP contribution < -0.4 is 5.32 Å². The molecule has 114 valence electrons. The van der Waals surface area contributed by atoms with Crippen molar-refractivity contribution in [1.82, 2.24) is 10.2 Å². The molecule has 4 nitrogen and oxygen atoms in total. The van der Waals surface area contributed by atoms with E-state index in [9.17, 15) is 0 Å². The highest BCUT2D eigenvalue weighted by molar-refractivity contribution is 5.07. The predicted octanol–water partition coefficient (Wildman–Crippen LogP) is 2.66. The van der Waals surface area contributed by atoms with E-state index >= 15 is 0 Å². The van der Waals surface area contributed by atoms with Gasteiger partial charge in [0.1, 0.15) is 11.5 Å². The van der Waals surface area contributed by atoms with Crippen LogP contribution in [0.4, 0.5) is 0 Å². The summed E-state index contributed by atoms with van der Waals surface area (Å²) in [7, 11) is 1.72. The fraction of sp³-hybridized carbons (Fsp3) is 0.625. The molecule has 0 amide bonds. The molecule has 0 spiro atoms. The Labute approximate surface area is 122 Å². The summed E-state index contributed by atoms with van der Waals surface area (Å²) in [5.41, 5.74) is 0. The average molecular weight is 280 g/mol. The number of methoxy groups -OCH3 is 1. The molecular weight excluding hydrogens is 252 g/mol. The molecule has 1 aromatic rings. The summed E-state index contributed by atoms with van der Waals surface area (Å²) in [5.74, 6) is 2.64. The number of nitrogens with one attached hydrogen (secondary N) is 1. The summed E-state index contributed by atoms with van der Waals surface area (Å²) in [4.78, 5) is 2.25. The zero-order valence-electron chi connectivity index (χ0n) is 13.0. The van der Waals surface area contributed by atoms with Crippen LogP contribution in [0.1, 0.15) is 25.4 Å². The van der Waals surface area contributed by atoms with Crippen LogP contribution in [0.2, 0.25) is 0 Å². The zero-order valence-corrected chi connectivity index (χ0v) is 13.0. The average Bonchev–Trinajstić information content (AvgIpc) is 2.83. The maximum Gasteiger partial charge on any atom is 0.118 e. The van der Waals surface area contributed by atoms with Gasteiger partial charge < -0.3 is 14.5 Å². The topological polar surface area (TPSA) is 37.6 Å². The standard InChI is InChI=1S/C16H28N2O2/c1-5-8-18(9-10-19-4)13-16-7-6-15(20-16)12-17-11-14(2)3/h5-7,14,17H,1,8-13H2,2-4H3. The first kappa shape index (κ1) is 17.0. The summed E-state index contributed by atoms with van der Waals surface area (Å²) in [6.07, 6.45) is 1.91. The number of ether oxygens (including phenoxy) is 1. The highest BCUT2D eigenvalue weighted by Gasteiger charge is 2.08. The Bertz CT molecular complexity index is 374. The second kappa shape index (κ2) is 9.75. The van der Waals surface area contributed by atoms with Crippen LogP contribution in [0.3, 0.4) is 0 Å². The minimum Gasteiger partial charge on any atom is -0.463 e. The van der Waals surface area contributed by atoms with Crippen molar-refractivity contribution in [1.29, 1.82) is 0 Å². The number of hydrogen-bond donors (Lipinski definition) is 1. The zero-order chi connectivity index (χ0) is 14.8. The number of furan rings is 1. The third kappa shape index (κ3) is 6.89. The van der Waals surface area contributed by atoms with E-state index in [1.165, 1.54) is 0 Å². The first-order valence-corrected chi connectivity index (χ1v) is 7.26. The minimum absolute atomic E-state index is 0.654. The molecule has 20 heavy (non-hydrogen) atoms. The molecule has 0 radical (unpaired) electrons. The first-order chi connectivity index (χ1) is 9.65. The number of rotatable bonds is 11. The van der Waals surface area contributed by atoms with Gasteiger partial charge in [-0.2, -0.15) is 0 Å². The van der Waals surface area contributed by atoms with Crippen molar-refractivity contribution in [2.45, 2.75) is 26.9 Å².